The minimum Gasteiger partial charge on any atom is -0.481 e. The van der Waals surface area contributed by atoms with Crippen LogP contribution in [0.5, 0.6) is 0 Å². The lowest BCUT2D eigenvalue weighted by molar-refractivity contribution is -0.144. The van der Waals surface area contributed by atoms with Gasteiger partial charge in [-0.2, -0.15) is 5.10 Å². The first-order valence-corrected chi connectivity index (χ1v) is 7.03. The maximum atomic E-state index is 11.1. The van der Waals surface area contributed by atoms with E-state index in [1.807, 2.05) is 10.9 Å². The second kappa shape index (κ2) is 5.74. The Morgan fingerprint density at radius 1 is 1.63 bits per heavy atom. The number of aromatic nitrogens is 2. The fraction of sp³-hybridized carbons (Fsp3) is 0.714. The number of carboxylic acids is 1. The average Bonchev–Trinajstić information content (AvgIpc) is 2.86. The van der Waals surface area contributed by atoms with Crippen LogP contribution in [-0.2, 0) is 11.3 Å². The number of aryl methyl sites for hydroxylation is 1. The van der Waals surface area contributed by atoms with Crippen molar-refractivity contribution in [2.75, 3.05) is 6.54 Å². The van der Waals surface area contributed by atoms with Gasteiger partial charge in [0.05, 0.1) is 12.1 Å². The van der Waals surface area contributed by atoms with Gasteiger partial charge in [0.2, 0.25) is 0 Å². The molecule has 1 saturated heterocycles. The van der Waals surface area contributed by atoms with Crippen LogP contribution in [0.4, 0.5) is 0 Å². The van der Waals surface area contributed by atoms with Gasteiger partial charge in [-0.1, -0.05) is 0 Å². The number of piperidine rings is 1. The molecule has 3 unspecified atom stereocenters. The van der Waals surface area contributed by atoms with Crippen molar-refractivity contribution in [3.8, 4) is 0 Å². The Kier molecular flexibility index (Phi) is 4.24. The monoisotopic (exact) mass is 265 g/mol. The van der Waals surface area contributed by atoms with Crippen LogP contribution in [0, 0.1) is 5.92 Å². The molecule has 106 valence electrons. The van der Waals surface area contributed by atoms with Gasteiger partial charge in [0, 0.05) is 30.4 Å². The van der Waals surface area contributed by atoms with E-state index in [0.717, 1.165) is 25.9 Å². The maximum absolute atomic E-state index is 11.1. The van der Waals surface area contributed by atoms with Crippen LogP contribution in [0.3, 0.4) is 0 Å². The third-order valence-electron chi connectivity index (χ3n) is 4.23. The topological polar surface area (TPSA) is 58.4 Å². The van der Waals surface area contributed by atoms with E-state index in [1.54, 1.807) is 0 Å². The lowest BCUT2D eigenvalue weighted by Gasteiger charge is -2.39. The molecule has 0 aliphatic carbocycles. The van der Waals surface area contributed by atoms with E-state index in [4.69, 9.17) is 5.11 Å². The highest BCUT2D eigenvalue weighted by atomic mass is 16.4. The molecule has 1 N–H and O–H groups in total. The fourth-order valence-electron chi connectivity index (χ4n) is 2.95. The van der Waals surface area contributed by atoms with Gasteiger partial charge < -0.3 is 5.11 Å². The molecule has 2 heterocycles. The lowest BCUT2D eigenvalue weighted by Crippen LogP contribution is -2.43. The van der Waals surface area contributed by atoms with Crippen LogP contribution in [-0.4, -0.2) is 38.3 Å². The standard InChI is InChI=1S/C14H23N3O2/c1-4-16-9-13(8-15-16)11(3)17-6-5-12(14(18)19)7-10(17)2/h8-12H,4-7H2,1-3H3,(H,18,19). The summed E-state index contributed by atoms with van der Waals surface area (Å²) in [5, 5.41) is 13.4. The molecule has 1 aliphatic rings. The Balaban J connectivity index is 2.04. The summed E-state index contributed by atoms with van der Waals surface area (Å²) in [7, 11) is 0. The van der Waals surface area contributed by atoms with Crippen LogP contribution in [0.15, 0.2) is 12.4 Å². The predicted molar refractivity (Wildman–Crippen MR) is 72.8 cm³/mol. The number of likely N-dealkylation sites (tertiary alicyclic amines) is 1. The van der Waals surface area contributed by atoms with Gasteiger partial charge in [-0.3, -0.25) is 14.4 Å². The highest BCUT2D eigenvalue weighted by Gasteiger charge is 2.32. The molecule has 0 aromatic carbocycles. The van der Waals surface area contributed by atoms with Crippen molar-refractivity contribution < 1.29 is 9.90 Å². The zero-order valence-electron chi connectivity index (χ0n) is 11.9. The second-order valence-electron chi connectivity index (χ2n) is 5.45. The van der Waals surface area contributed by atoms with Crippen LogP contribution >= 0.6 is 0 Å². The van der Waals surface area contributed by atoms with Crippen molar-refractivity contribution in [3.63, 3.8) is 0 Å². The molecular weight excluding hydrogens is 242 g/mol. The smallest absolute Gasteiger partial charge is 0.306 e. The molecule has 5 heteroatoms. The van der Waals surface area contributed by atoms with Crippen molar-refractivity contribution >= 4 is 5.97 Å². The summed E-state index contributed by atoms with van der Waals surface area (Å²) in [5.74, 6) is -0.838. The molecular formula is C14H23N3O2. The number of hydrogen-bond acceptors (Lipinski definition) is 3. The molecule has 0 spiro atoms. The molecule has 0 radical (unpaired) electrons. The third-order valence-corrected chi connectivity index (χ3v) is 4.23. The molecule has 0 amide bonds. The van der Waals surface area contributed by atoms with Gasteiger partial charge in [-0.25, -0.2) is 0 Å². The number of aliphatic carboxylic acids is 1. The molecule has 5 nitrogen and oxygen atoms in total. The molecule has 2 rings (SSSR count). The molecule has 1 aliphatic heterocycles. The van der Waals surface area contributed by atoms with E-state index in [2.05, 4.69) is 37.0 Å². The summed E-state index contributed by atoms with van der Waals surface area (Å²) in [4.78, 5) is 13.4. The summed E-state index contributed by atoms with van der Waals surface area (Å²) in [6, 6.07) is 0.597. The number of rotatable bonds is 4. The highest BCUT2D eigenvalue weighted by molar-refractivity contribution is 5.70. The van der Waals surface area contributed by atoms with Gasteiger partial charge >= 0.3 is 5.97 Å². The Bertz CT molecular complexity index is 444. The molecule has 1 aromatic rings. The van der Waals surface area contributed by atoms with Gasteiger partial charge in [0.15, 0.2) is 0 Å². The SMILES string of the molecule is CCn1cc(C(C)N2CCC(C(=O)O)CC2C)cn1. The van der Waals surface area contributed by atoms with Crippen LogP contribution < -0.4 is 0 Å². The van der Waals surface area contributed by atoms with Crippen molar-refractivity contribution in [1.82, 2.24) is 14.7 Å². The van der Waals surface area contributed by atoms with Crippen molar-refractivity contribution in [2.24, 2.45) is 5.92 Å². The number of carbonyl (C=O) groups is 1. The molecule has 3 atom stereocenters. The summed E-state index contributed by atoms with van der Waals surface area (Å²) in [6.07, 6.45) is 5.48. The van der Waals surface area contributed by atoms with E-state index in [1.165, 1.54) is 5.56 Å². The normalized spacial score (nSPS) is 26.3. The Morgan fingerprint density at radius 3 is 2.89 bits per heavy atom. The zero-order valence-corrected chi connectivity index (χ0v) is 11.9. The minimum absolute atomic E-state index is 0.184. The van der Waals surface area contributed by atoms with Gasteiger partial charge in [-0.05, 0) is 40.2 Å². The lowest BCUT2D eigenvalue weighted by atomic mass is 9.90. The first kappa shape index (κ1) is 14.1. The Labute approximate surface area is 114 Å². The fourth-order valence-corrected chi connectivity index (χ4v) is 2.95. The van der Waals surface area contributed by atoms with E-state index < -0.39 is 5.97 Å². The number of nitrogens with zero attached hydrogens (tertiary/aromatic N) is 3. The van der Waals surface area contributed by atoms with Gasteiger partial charge in [0.1, 0.15) is 0 Å². The van der Waals surface area contributed by atoms with Crippen molar-refractivity contribution in [2.45, 2.75) is 52.2 Å². The summed E-state index contributed by atoms with van der Waals surface area (Å²) in [6.45, 7) is 8.09. The van der Waals surface area contributed by atoms with E-state index >= 15 is 0 Å². The largest absolute Gasteiger partial charge is 0.481 e. The molecule has 0 bridgehead atoms. The maximum Gasteiger partial charge on any atom is 0.306 e. The first-order chi connectivity index (χ1) is 9.02. The molecule has 1 aromatic heterocycles. The van der Waals surface area contributed by atoms with Crippen molar-refractivity contribution in [3.05, 3.63) is 18.0 Å². The van der Waals surface area contributed by atoms with E-state index in [-0.39, 0.29) is 5.92 Å². The summed E-state index contributed by atoms with van der Waals surface area (Å²) in [5.41, 5.74) is 1.21. The quantitative estimate of drug-likeness (QED) is 0.906. The van der Waals surface area contributed by atoms with Crippen LogP contribution in [0.1, 0.15) is 45.2 Å². The van der Waals surface area contributed by atoms with Gasteiger partial charge in [-0.15, -0.1) is 0 Å². The van der Waals surface area contributed by atoms with Gasteiger partial charge in [0.25, 0.3) is 0 Å². The van der Waals surface area contributed by atoms with E-state index in [0.29, 0.717) is 12.1 Å². The first-order valence-electron chi connectivity index (χ1n) is 7.03. The minimum atomic E-state index is -0.655. The third kappa shape index (κ3) is 2.97. The summed E-state index contributed by atoms with van der Waals surface area (Å²) >= 11 is 0. The van der Waals surface area contributed by atoms with Crippen LogP contribution in [0.25, 0.3) is 0 Å². The summed E-state index contributed by atoms with van der Waals surface area (Å²) < 4.78 is 1.93. The van der Waals surface area contributed by atoms with Crippen LogP contribution in [0.2, 0.25) is 0 Å². The molecule has 0 saturated carbocycles. The predicted octanol–water partition coefficient (Wildman–Crippen LogP) is 2.15. The zero-order chi connectivity index (χ0) is 14.0. The number of hydrogen-bond donors (Lipinski definition) is 1. The molecule has 1 fully saturated rings. The number of carboxylic acid groups (broad SMARTS) is 1. The molecule has 19 heavy (non-hydrogen) atoms. The average molecular weight is 265 g/mol. The Morgan fingerprint density at radius 2 is 2.37 bits per heavy atom. The Hall–Kier alpha value is -1.36. The van der Waals surface area contributed by atoms with Crippen molar-refractivity contribution in [1.29, 1.82) is 0 Å². The van der Waals surface area contributed by atoms with E-state index in [9.17, 15) is 4.79 Å². The highest BCUT2D eigenvalue weighted by Crippen LogP contribution is 2.30. The second-order valence-corrected chi connectivity index (χ2v) is 5.45.